The highest BCUT2D eigenvalue weighted by Crippen LogP contribution is 2.26. The zero-order valence-corrected chi connectivity index (χ0v) is 12.3. The Balaban J connectivity index is 1.97. The van der Waals surface area contributed by atoms with Gasteiger partial charge in [0, 0.05) is 6.04 Å². The van der Waals surface area contributed by atoms with Gasteiger partial charge in [-0.3, -0.25) is 0 Å². The smallest absolute Gasteiger partial charge is 0.122 e. The van der Waals surface area contributed by atoms with Crippen LogP contribution in [-0.4, -0.2) is 12.6 Å². The minimum atomic E-state index is 0.179. The molecule has 0 aromatic heterocycles. The van der Waals surface area contributed by atoms with E-state index in [-0.39, 0.29) is 6.04 Å². The Morgan fingerprint density at radius 1 is 1.26 bits per heavy atom. The normalized spacial score (nSPS) is 18.3. The summed E-state index contributed by atoms with van der Waals surface area (Å²) in [5.41, 5.74) is 8.46. The molecule has 1 aromatic rings. The standard InChI is InChI=1S/C17H27NO/c1-13-8-9-17(16(10-13)11-14(2)18)19-12-15-6-4-3-5-7-15/h8-10,14-15H,3-7,11-12,18H2,1-2H3. The van der Waals surface area contributed by atoms with Crippen LogP contribution < -0.4 is 10.5 Å². The summed E-state index contributed by atoms with van der Waals surface area (Å²) in [4.78, 5) is 0. The molecule has 2 N–H and O–H groups in total. The lowest BCUT2D eigenvalue weighted by Gasteiger charge is -2.23. The van der Waals surface area contributed by atoms with Gasteiger partial charge in [0.25, 0.3) is 0 Å². The monoisotopic (exact) mass is 261 g/mol. The zero-order chi connectivity index (χ0) is 13.7. The largest absolute Gasteiger partial charge is 0.493 e. The molecular weight excluding hydrogens is 234 g/mol. The van der Waals surface area contributed by atoms with E-state index in [0.29, 0.717) is 0 Å². The minimum absolute atomic E-state index is 0.179. The molecule has 0 aliphatic heterocycles. The molecule has 1 aliphatic carbocycles. The number of benzene rings is 1. The summed E-state index contributed by atoms with van der Waals surface area (Å²) in [6.45, 7) is 5.04. The lowest BCUT2D eigenvalue weighted by molar-refractivity contribution is 0.207. The van der Waals surface area contributed by atoms with E-state index in [1.165, 1.54) is 43.2 Å². The molecule has 2 heteroatoms. The third-order valence-electron chi connectivity index (χ3n) is 3.96. The van der Waals surface area contributed by atoms with Gasteiger partial charge in [0.2, 0.25) is 0 Å². The van der Waals surface area contributed by atoms with Crippen LogP contribution in [0, 0.1) is 12.8 Å². The number of ether oxygens (including phenoxy) is 1. The molecule has 2 nitrogen and oxygen atoms in total. The summed E-state index contributed by atoms with van der Waals surface area (Å²) in [7, 11) is 0. The van der Waals surface area contributed by atoms with E-state index in [4.69, 9.17) is 10.5 Å². The molecule has 1 unspecified atom stereocenters. The maximum Gasteiger partial charge on any atom is 0.122 e. The van der Waals surface area contributed by atoms with E-state index < -0.39 is 0 Å². The first-order valence-electron chi connectivity index (χ1n) is 7.63. The Bertz CT molecular complexity index is 394. The number of hydrogen-bond donors (Lipinski definition) is 1. The third kappa shape index (κ3) is 4.54. The van der Waals surface area contributed by atoms with E-state index in [0.717, 1.165) is 24.7 Å². The second-order valence-electron chi connectivity index (χ2n) is 6.11. The maximum absolute atomic E-state index is 6.08. The maximum atomic E-state index is 6.08. The molecule has 1 saturated carbocycles. The predicted octanol–water partition coefficient (Wildman–Crippen LogP) is 3.84. The van der Waals surface area contributed by atoms with Crippen LogP contribution in [0.2, 0.25) is 0 Å². The Labute approximate surface area is 117 Å². The van der Waals surface area contributed by atoms with E-state index >= 15 is 0 Å². The van der Waals surface area contributed by atoms with Gasteiger partial charge in [0.05, 0.1) is 6.61 Å². The van der Waals surface area contributed by atoms with Gasteiger partial charge in [-0.1, -0.05) is 37.0 Å². The molecular formula is C17H27NO. The SMILES string of the molecule is Cc1ccc(OCC2CCCCC2)c(CC(C)N)c1. The Morgan fingerprint density at radius 3 is 2.68 bits per heavy atom. The fourth-order valence-corrected chi connectivity index (χ4v) is 2.92. The summed E-state index contributed by atoms with van der Waals surface area (Å²) in [5, 5.41) is 0. The van der Waals surface area contributed by atoms with Gasteiger partial charge in [-0.15, -0.1) is 0 Å². The molecule has 0 radical (unpaired) electrons. The van der Waals surface area contributed by atoms with Gasteiger partial charge >= 0.3 is 0 Å². The van der Waals surface area contributed by atoms with Crippen LogP contribution in [0.1, 0.15) is 50.2 Å². The topological polar surface area (TPSA) is 35.2 Å². The molecule has 0 amide bonds. The average molecular weight is 261 g/mol. The van der Waals surface area contributed by atoms with Gasteiger partial charge in [0.1, 0.15) is 5.75 Å². The first-order valence-corrected chi connectivity index (χ1v) is 7.63. The van der Waals surface area contributed by atoms with Gasteiger partial charge in [-0.05, 0) is 50.7 Å². The van der Waals surface area contributed by atoms with Crippen LogP contribution >= 0.6 is 0 Å². The van der Waals surface area contributed by atoms with Crippen LogP contribution in [0.5, 0.6) is 5.75 Å². The van der Waals surface area contributed by atoms with Crippen LogP contribution in [0.25, 0.3) is 0 Å². The van der Waals surface area contributed by atoms with Crippen molar-refractivity contribution >= 4 is 0 Å². The first-order chi connectivity index (χ1) is 9.15. The van der Waals surface area contributed by atoms with E-state index in [9.17, 15) is 0 Å². The lowest BCUT2D eigenvalue weighted by atomic mass is 9.90. The fraction of sp³-hybridized carbons (Fsp3) is 0.647. The highest BCUT2D eigenvalue weighted by atomic mass is 16.5. The Morgan fingerprint density at radius 2 is 2.00 bits per heavy atom. The van der Waals surface area contributed by atoms with Crippen LogP contribution in [-0.2, 0) is 6.42 Å². The zero-order valence-electron chi connectivity index (χ0n) is 12.3. The van der Waals surface area contributed by atoms with E-state index in [2.05, 4.69) is 25.1 Å². The highest BCUT2D eigenvalue weighted by molar-refractivity contribution is 5.37. The number of aryl methyl sites for hydroxylation is 1. The Hall–Kier alpha value is -1.02. The van der Waals surface area contributed by atoms with Crippen LogP contribution in [0.15, 0.2) is 18.2 Å². The predicted molar refractivity (Wildman–Crippen MR) is 80.6 cm³/mol. The van der Waals surface area contributed by atoms with Crippen molar-refractivity contribution in [2.45, 2.75) is 58.4 Å². The molecule has 0 bridgehead atoms. The minimum Gasteiger partial charge on any atom is -0.493 e. The first kappa shape index (κ1) is 14.4. The second-order valence-corrected chi connectivity index (χ2v) is 6.11. The Kier molecular flexibility index (Phi) is 5.26. The molecule has 2 rings (SSSR count). The molecule has 1 fully saturated rings. The van der Waals surface area contributed by atoms with Crippen molar-refractivity contribution in [3.63, 3.8) is 0 Å². The molecule has 19 heavy (non-hydrogen) atoms. The quantitative estimate of drug-likeness (QED) is 0.874. The summed E-state index contributed by atoms with van der Waals surface area (Å²) in [6, 6.07) is 6.62. The van der Waals surface area contributed by atoms with Crippen LogP contribution in [0.4, 0.5) is 0 Å². The summed E-state index contributed by atoms with van der Waals surface area (Å²) < 4.78 is 6.08. The third-order valence-corrected chi connectivity index (χ3v) is 3.96. The number of hydrogen-bond acceptors (Lipinski definition) is 2. The molecule has 0 saturated heterocycles. The van der Waals surface area contributed by atoms with Crippen molar-refractivity contribution in [1.82, 2.24) is 0 Å². The molecule has 0 spiro atoms. The van der Waals surface area contributed by atoms with Gasteiger partial charge < -0.3 is 10.5 Å². The van der Waals surface area contributed by atoms with E-state index in [1.54, 1.807) is 0 Å². The summed E-state index contributed by atoms with van der Waals surface area (Å²) in [5.74, 6) is 1.78. The van der Waals surface area contributed by atoms with Gasteiger partial charge in [-0.2, -0.15) is 0 Å². The van der Waals surface area contributed by atoms with Crippen molar-refractivity contribution in [1.29, 1.82) is 0 Å². The van der Waals surface area contributed by atoms with E-state index in [1.807, 2.05) is 6.92 Å². The highest BCUT2D eigenvalue weighted by Gasteiger charge is 2.15. The van der Waals surface area contributed by atoms with Crippen molar-refractivity contribution in [2.24, 2.45) is 11.7 Å². The van der Waals surface area contributed by atoms with Crippen LogP contribution in [0.3, 0.4) is 0 Å². The molecule has 0 heterocycles. The van der Waals surface area contributed by atoms with Gasteiger partial charge in [-0.25, -0.2) is 0 Å². The molecule has 1 aromatic carbocycles. The van der Waals surface area contributed by atoms with Crippen molar-refractivity contribution in [2.75, 3.05) is 6.61 Å². The molecule has 106 valence electrons. The van der Waals surface area contributed by atoms with Crippen molar-refractivity contribution < 1.29 is 4.74 Å². The number of nitrogens with two attached hydrogens (primary N) is 1. The summed E-state index contributed by atoms with van der Waals surface area (Å²) >= 11 is 0. The van der Waals surface area contributed by atoms with Crippen molar-refractivity contribution in [3.8, 4) is 5.75 Å². The second kappa shape index (κ2) is 6.95. The summed E-state index contributed by atoms with van der Waals surface area (Å²) in [6.07, 6.45) is 7.69. The molecule has 1 atom stereocenters. The molecule has 1 aliphatic rings. The number of rotatable bonds is 5. The lowest BCUT2D eigenvalue weighted by Crippen LogP contribution is -2.19. The average Bonchev–Trinajstić information content (AvgIpc) is 2.38. The van der Waals surface area contributed by atoms with Crippen molar-refractivity contribution in [3.05, 3.63) is 29.3 Å². The van der Waals surface area contributed by atoms with Gasteiger partial charge in [0.15, 0.2) is 0 Å². The fourth-order valence-electron chi connectivity index (χ4n) is 2.92.